The molecule has 0 spiro atoms. The molecule has 1 unspecified atom stereocenters. The molecular formula is C24H31N3O7S2. The van der Waals surface area contributed by atoms with Gasteiger partial charge in [-0.05, 0) is 66.8 Å². The predicted molar refractivity (Wildman–Crippen MR) is 135 cm³/mol. The number of benzene rings is 2. The first-order valence-corrected chi connectivity index (χ1v) is 15.0. The zero-order valence-corrected chi connectivity index (χ0v) is 22.0. The molecule has 1 N–H and O–H groups in total. The predicted octanol–water partition coefficient (Wildman–Crippen LogP) is 1.68. The number of nitrogens with zero attached hydrogens (tertiary/aromatic N) is 2. The molecule has 1 aliphatic carbocycles. The van der Waals surface area contributed by atoms with Gasteiger partial charge in [-0.3, -0.25) is 9.10 Å². The number of aryl methyl sites for hydroxylation is 1. The second kappa shape index (κ2) is 10.8. The molecule has 0 bridgehead atoms. The fourth-order valence-electron chi connectivity index (χ4n) is 4.56. The van der Waals surface area contributed by atoms with Crippen LogP contribution in [0.15, 0.2) is 47.4 Å². The van der Waals surface area contributed by atoms with Crippen LogP contribution >= 0.6 is 0 Å². The molecule has 36 heavy (non-hydrogen) atoms. The Morgan fingerprint density at radius 1 is 1.11 bits per heavy atom. The van der Waals surface area contributed by atoms with Crippen LogP contribution in [-0.2, 0) is 36.0 Å². The lowest BCUT2D eigenvalue weighted by molar-refractivity contribution is -0.120. The summed E-state index contributed by atoms with van der Waals surface area (Å²) in [7, 11) is -5.93. The number of ether oxygens (including phenoxy) is 2. The van der Waals surface area contributed by atoms with Gasteiger partial charge < -0.3 is 14.8 Å². The van der Waals surface area contributed by atoms with Gasteiger partial charge in [0.05, 0.1) is 43.2 Å². The summed E-state index contributed by atoms with van der Waals surface area (Å²) in [5.74, 6) is 0.308. The van der Waals surface area contributed by atoms with E-state index in [-0.39, 0.29) is 29.7 Å². The molecule has 12 heteroatoms. The van der Waals surface area contributed by atoms with Gasteiger partial charge in [-0.1, -0.05) is 6.07 Å². The second-order valence-corrected chi connectivity index (χ2v) is 12.7. The molecule has 1 saturated heterocycles. The monoisotopic (exact) mass is 537 g/mol. The first-order chi connectivity index (χ1) is 17.1. The number of hydrogen-bond acceptors (Lipinski definition) is 7. The van der Waals surface area contributed by atoms with Crippen LogP contribution in [0.3, 0.4) is 0 Å². The zero-order chi connectivity index (χ0) is 25.9. The van der Waals surface area contributed by atoms with Crippen molar-refractivity contribution >= 4 is 31.6 Å². The molecule has 1 amide bonds. The number of carbonyl (C=O) groups is 1. The maximum absolute atomic E-state index is 13.0. The lowest BCUT2D eigenvalue weighted by Crippen LogP contribution is -2.42. The molecule has 10 nitrogen and oxygen atoms in total. The van der Waals surface area contributed by atoms with Crippen molar-refractivity contribution in [3.05, 3.63) is 53.6 Å². The quantitative estimate of drug-likeness (QED) is 0.544. The molecule has 1 fully saturated rings. The average molecular weight is 538 g/mol. The van der Waals surface area contributed by atoms with Crippen LogP contribution in [0, 0.1) is 0 Å². The molecule has 2 aromatic carbocycles. The van der Waals surface area contributed by atoms with E-state index < -0.39 is 32.5 Å². The van der Waals surface area contributed by atoms with Crippen LogP contribution in [0.4, 0.5) is 5.69 Å². The van der Waals surface area contributed by atoms with Crippen LogP contribution in [0.5, 0.6) is 5.75 Å². The van der Waals surface area contributed by atoms with Gasteiger partial charge in [0, 0.05) is 13.1 Å². The Hall–Kier alpha value is -2.67. The number of rotatable bonds is 8. The summed E-state index contributed by atoms with van der Waals surface area (Å²) in [5.41, 5.74) is 2.31. The van der Waals surface area contributed by atoms with Crippen LogP contribution in [0.2, 0.25) is 0 Å². The summed E-state index contributed by atoms with van der Waals surface area (Å²) in [4.78, 5) is 13.0. The summed E-state index contributed by atoms with van der Waals surface area (Å²) in [6.07, 6.45) is 3.53. The van der Waals surface area contributed by atoms with E-state index in [2.05, 4.69) is 5.32 Å². The van der Waals surface area contributed by atoms with Crippen molar-refractivity contribution in [2.45, 2.75) is 30.2 Å². The van der Waals surface area contributed by atoms with Gasteiger partial charge in [-0.2, -0.15) is 4.31 Å². The standard InChI is InChI=1S/C24H31N3O7S2/c1-33-20-8-11-22-18(16-20)4-3-5-23(22)25-24(28)17-27(35(2,29)30)19-6-9-21(10-7-19)36(31,32)26-12-14-34-15-13-26/h6-11,16,23H,3-5,12-15,17H2,1-2H3,(H,25,28). The van der Waals surface area contributed by atoms with Crippen molar-refractivity contribution in [3.63, 3.8) is 0 Å². The van der Waals surface area contributed by atoms with Gasteiger partial charge in [0.15, 0.2) is 0 Å². The Balaban J connectivity index is 1.49. The molecule has 0 radical (unpaired) electrons. The maximum atomic E-state index is 13.0. The van der Waals surface area contributed by atoms with Crippen molar-refractivity contribution in [3.8, 4) is 5.75 Å². The van der Waals surface area contributed by atoms with Crippen LogP contribution < -0.4 is 14.4 Å². The Kier molecular flexibility index (Phi) is 7.88. The molecule has 1 heterocycles. The van der Waals surface area contributed by atoms with Gasteiger partial charge in [0.2, 0.25) is 26.0 Å². The molecule has 0 aromatic heterocycles. The smallest absolute Gasteiger partial charge is 0.243 e. The number of anilines is 1. The van der Waals surface area contributed by atoms with E-state index in [9.17, 15) is 21.6 Å². The number of nitrogens with one attached hydrogen (secondary N) is 1. The van der Waals surface area contributed by atoms with E-state index in [1.165, 1.54) is 28.6 Å². The van der Waals surface area contributed by atoms with Gasteiger partial charge >= 0.3 is 0 Å². The van der Waals surface area contributed by atoms with E-state index in [1.807, 2.05) is 18.2 Å². The summed E-state index contributed by atoms with van der Waals surface area (Å²) in [5, 5.41) is 2.96. The molecular weight excluding hydrogens is 506 g/mol. The number of carbonyl (C=O) groups excluding carboxylic acids is 1. The fraction of sp³-hybridized carbons (Fsp3) is 0.458. The highest BCUT2D eigenvalue weighted by Gasteiger charge is 2.28. The van der Waals surface area contributed by atoms with Crippen molar-refractivity contribution in [1.82, 2.24) is 9.62 Å². The lowest BCUT2D eigenvalue weighted by atomic mass is 9.87. The van der Waals surface area contributed by atoms with Crippen molar-refractivity contribution < 1.29 is 31.1 Å². The third kappa shape index (κ3) is 5.83. The SMILES string of the molecule is COc1ccc2c(c1)CCCC2NC(=O)CN(c1ccc(S(=O)(=O)N2CCOCC2)cc1)S(C)(=O)=O. The zero-order valence-electron chi connectivity index (χ0n) is 20.3. The molecule has 2 aliphatic rings. The first kappa shape index (κ1) is 26.4. The molecule has 2 aromatic rings. The fourth-order valence-corrected chi connectivity index (χ4v) is 6.82. The summed E-state index contributed by atoms with van der Waals surface area (Å²) < 4.78 is 63.7. The Morgan fingerprint density at radius 2 is 1.81 bits per heavy atom. The maximum Gasteiger partial charge on any atom is 0.243 e. The van der Waals surface area contributed by atoms with Gasteiger partial charge in [0.25, 0.3) is 0 Å². The van der Waals surface area contributed by atoms with E-state index >= 15 is 0 Å². The van der Waals surface area contributed by atoms with Crippen LogP contribution in [-0.4, -0.2) is 73.3 Å². The van der Waals surface area contributed by atoms with Crippen molar-refractivity contribution in [2.24, 2.45) is 0 Å². The van der Waals surface area contributed by atoms with E-state index in [0.717, 1.165) is 46.7 Å². The summed E-state index contributed by atoms with van der Waals surface area (Å²) in [6.45, 7) is 0.755. The number of fused-ring (bicyclic) bond motifs is 1. The largest absolute Gasteiger partial charge is 0.497 e. The highest BCUT2D eigenvalue weighted by Crippen LogP contribution is 2.32. The first-order valence-electron chi connectivity index (χ1n) is 11.7. The van der Waals surface area contributed by atoms with E-state index in [0.29, 0.717) is 13.2 Å². The normalized spacial score (nSPS) is 18.8. The number of amides is 1. The third-order valence-corrected chi connectivity index (χ3v) is 9.47. The lowest BCUT2D eigenvalue weighted by Gasteiger charge is -2.29. The minimum Gasteiger partial charge on any atom is -0.497 e. The van der Waals surface area contributed by atoms with Crippen LogP contribution in [0.1, 0.15) is 30.0 Å². The molecule has 4 rings (SSSR count). The van der Waals surface area contributed by atoms with Gasteiger partial charge in [0.1, 0.15) is 12.3 Å². The van der Waals surface area contributed by atoms with E-state index in [4.69, 9.17) is 9.47 Å². The average Bonchev–Trinajstić information content (AvgIpc) is 2.87. The topological polar surface area (TPSA) is 122 Å². The second-order valence-electron chi connectivity index (χ2n) is 8.86. The third-order valence-electron chi connectivity index (χ3n) is 6.42. The molecule has 1 atom stereocenters. The number of morpholine rings is 1. The number of hydrogen-bond donors (Lipinski definition) is 1. The molecule has 0 saturated carbocycles. The van der Waals surface area contributed by atoms with E-state index in [1.54, 1.807) is 7.11 Å². The van der Waals surface area contributed by atoms with Crippen LogP contribution in [0.25, 0.3) is 0 Å². The van der Waals surface area contributed by atoms with Gasteiger partial charge in [-0.25, -0.2) is 16.8 Å². The molecule has 196 valence electrons. The highest BCUT2D eigenvalue weighted by molar-refractivity contribution is 7.92. The van der Waals surface area contributed by atoms with Gasteiger partial charge in [-0.15, -0.1) is 0 Å². The summed E-state index contributed by atoms with van der Waals surface area (Å²) in [6, 6.07) is 11.0. The Labute approximate surface area is 212 Å². The minimum atomic E-state index is -3.81. The Bertz CT molecular complexity index is 1310. The Morgan fingerprint density at radius 3 is 2.44 bits per heavy atom. The van der Waals surface area contributed by atoms with Crippen molar-refractivity contribution in [2.75, 3.05) is 50.5 Å². The highest BCUT2D eigenvalue weighted by atomic mass is 32.2. The molecule has 1 aliphatic heterocycles. The number of methoxy groups -OCH3 is 1. The number of sulfonamides is 2. The minimum absolute atomic E-state index is 0.0558. The van der Waals surface area contributed by atoms with Crippen molar-refractivity contribution in [1.29, 1.82) is 0 Å². The summed E-state index contributed by atoms with van der Waals surface area (Å²) >= 11 is 0.